The van der Waals surface area contributed by atoms with Crippen molar-refractivity contribution >= 4 is 11.6 Å². The standard InChI is InChI=1S/C21H21NO5/c1-11-6-16-13(19-20(26-19)21(2,3)27-16)9-14(11)22-18(23)8-12-4-5-15-17(7-12)25-10-24-15/h4-7,9,19-20H,8,10H2,1-3H3,(H,22,23). The van der Waals surface area contributed by atoms with Crippen molar-refractivity contribution in [1.29, 1.82) is 0 Å². The second-order valence-electron chi connectivity index (χ2n) is 7.80. The van der Waals surface area contributed by atoms with Crippen LogP contribution in [0.15, 0.2) is 30.3 Å². The van der Waals surface area contributed by atoms with Crippen molar-refractivity contribution in [3.63, 3.8) is 0 Å². The van der Waals surface area contributed by atoms with E-state index in [1.165, 1.54) is 0 Å². The van der Waals surface area contributed by atoms with Gasteiger partial charge in [0.15, 0.2) is 11.5 Å². The van der Waals surface area contributed by atoms with Crippen molar-refractivity contribution in [3.8, 4) is 17.2 Å². The SMILES string of the molecule is Cc1cc2c(cc1NC(=O)Cc1ccc3c(c1)OCO3)C1OC1C(C)(C)O2. The van der Waals surface area contributed by atoms with Crippen molar-refractivity contribution in [2.24, 2.45) is 0 Å². The van der Waals surface area contributed by atoms with Gasteiger partial charge >= 0.3 is 0 Å². The van der Waals surface area contributed by atoms with Crippen molar-refractivity contribution < 1.29 is 23.7 Å². The van der Waals surface area contributed by atoms with Crippen LogP contribution in [-0.2, 0) is 16.0 Å². The lowest BCUT2D eigenvalue weighted by Gasteiger charge is -2.30. The number of carbonyl (C=O) groups is 1. The first-order valence-electron chi connectivity index (χ1n) is 9.08. The molecular formula is C21H21NO5. The van der Waals surface area contributed by atoms with E-state index in [4.69, 9.17) is 18.9 Å². The highest BCUT2D eigenvalue weighted by Gasteiger charge is 2.56. The van der Waals surface area contributed by atoms with E-state index < -0.39 is 0 Å². The molecule has 6 nitrogen and oxygen atoms in total. The van der Waals surface area contributed by atoms with Crippen LogP contribution >= 0.6 is 0 Å². The summed E-state index contributed by atoms with van der Waals surface area (Å²) in [5.41, 5.74) is 3.31. The average Bonchev–Trinajstić information content (AvgIpc) is 3.29. The third-order valence-corrected chi connectivity index (χ3v) is 5.29. The van der Waals surface area contributed by atoms with Gasteiger partial charge in [-0.25, -0.2) is 0 Å². The average molecular weight is 367 g/mol. The minimum Gasteiger partial charge on any atom is -0.485 e. The predicted molar refractivity (Wildman–Crippen MR) is 98.4 cm³/mol. The molecule has 0 saturated carbocycles. The Morgan fingerprint density at radius 2 is 1.96 bits per heavy atom. The molecule has 0 aliphatic carbocycles. The molecule has 2 aromatic rings. The molecule has 6 heteroatoms. The fourth-order valence-electron chi connectivity index (χ4n) is 3.79. The van der Waals surface area contributed by atoms with Gasteiger partial charge < -0.3 is 24.3 Å². The van der Waals surface area contributed by atoms with Gasteiger partial charge in [0.05, 0.1) is 6.42 Å². The largest absolute Gasteiger partial charge is 0.485 e. The maximum atomic E-state index is 12.6. The van der Waals surface area contributed by atoms with E-state index in [9.17, 15) is 4.79 Å². The van der Waals surface area contributed by atoms with Gasteiger partial charge in [-0.15, -0.1) is 0 Å². The maximum absolute atomic E-state index is 12.6. The van der Waals surface area contributed by atoms with Gasteiger partial charge in [-0.05, 0) is 56.2 Å². The minimum absolute atomic E-state index is 0.0499. The Kier molecular flexibility index (Phi) is 3.43. The highest BCUT2D eigenvalue weighted by Crippen LogP contribution is 2.54. The Bertz CT molecular complexity index is 952. The monoisotopic (exact) mass is 367 g/mol. The molecule has 2 unspecified atom stereocenters. The molecule has 0 aromatic heterocycles. The highest BCUT2D eigenvalue weighted by molar-refractivity contribution is 5.93. The summed E-state index contributed by atoms with van der Waals surface area (Å²) in [6.45, 7) is 6.27. The summed E-state index contributed by atoms with van der Waals surface area (Å²) < 4.78 is 22.6. The van der Waals surface area contributed by atoms with Crippen molar-refractivity contribution in [3.05, 3.63) is 47.0 Å². The number of carbonyl (C=O) groups excluding carboxylic acids is 1. The number of benzene rings is 2. The molecule has 5 rings (SSSR count). The van der Waals surface area contributed by atoms with Crippen LogP contribution in [0.5, 0.6) is 17.2 Å². The van der Waals surface area contributed by atoms with Gasteiger partial charge in [0.1, 0.15) is 23.6 Å². The summed E-state index contributed by atoms with van der Waals surface area (Å²) in [5, 5.41) is 3.01. The zero-order valence-electron chi connectivity index (χ0n) is 15.5. The van der Waals surface area contributed by atoms with E-state index in [0.717, 1.165) is 28.1 Å². The van der Waals surface area contributed by atoms with Gasteiger partial charge in [0, 0.05) is 11.3 Å². The first-order chi connectivity index (χ1) is 12.9. The topological polar surface area (TPSA) is 69.3 Å². The first-order valence-corrected chi connectivity index (χ1v) is 9.08. The van der Waals surface area contributed by atoms with E-state index in [1.807, 2.05) is 51.1 Å². The number of amides is 1. The lowest BCUT2D eigenvalue weighted by molar-refractivity contribution is -0.115. The summed E-state index contributed by atoms with van der Waals surface area (Å²) in [6, 6.07) is 9.51. The molecule has 2 aromatic carbocycles. The quantitative estimate of drug-likeness (QED) is 0.841. The molecule has 0 radical (unpaired) electrons. The Morgan fingerprint density at radius 3 is 2.81 bits per heavy atom. The minimum atomic E-state index is -0.325. The van der Waals surface area contributed by atoms with Crippen LogP contribution in [-0.4, -0.2) is 24.4 Å². The third-order valence-electron chi connectivity index (χ3n) is 5.29. The lowest BCUT2D eigenvalue weighted by Crippen LogP contribution is -2.37. The number of aryl methyl sites for hydroxylation is 1. The Hall–Kier alpha value is -2.73. The second-order valence-corrected chi connectivity index (χ2v) is 7.80. The smallest absolute Gasteiger partial charge is 0.231 e. The van der Waals surface area contributed by atoms with Crippen molar-refractivity contribution in [2.75, 3.05) is 12.1 Å². The first kappa shape index (κ1) is 16.4. The number of hydrogen-bond donors (Lipinski definition) is 1. The highest BCUT2D eigenvalue weighted by atomic mass is 16.7. The summed E-state index contributed by atoms with van der Waals surface area (Å²) in [7, 11) is 0. The van der Waals surface area contributed by atoms with E-state index in [0.29, 0.717) is 11.5 Å². The Labute approximate surface area is 157 Å². The van der Waals surface area contributed by atoms with E-state index in [-0.39, 0.29) is 36.9 Å². The Balaban J connectivity index is 1.34. The number of nitrogens with one attached hydrogen (secondary N) is 1. The maximum Gasteiger partial charge on any atom is 0.231 e. The molecule has 1 saturated heterocycles. The van der Waals surface area contributed by atoms with Crippen LogP contribution in [0, 0.1) is 6.92 Å². The van der Waals surface area contributed by atoms with Crippen LogP contribution in [0.3, 0.4) is 0 Å². The van der Waals surface area contributed by atoms with Gasteiger partial charge in [-0.2, -0.15) is 0 Å². The molecule has 3 aliphatic heterocycles. The van der Waals surface area contributed by atoms with Crippen molar-refractivity contribution in [2.45, 2.75) is 45.0 Å². The van der Waals surface area contributed by atoms with E-state index in [2.05, 4.69) is 5.32 Å². The molecule has 27 heavy (non-hydrogen) atoms. The number of ether oxygens (including phenoxy) is 4. The second kappa shape index (κ2) is 5.63. The molecule has 140 valence electrons. The molecule has 3 heterocycles. The molecule has 2 atom stereocenters. The molecule has 1 N–H and O–H groups in total. The van der Waals surface area contributed by atoms with Crippen LogP contribution in [0.1, 0.15) is 36.6 Å². The summed E-state index contributed by atoms with van der Waals surface area (Å²) >= 11 is 0. The van der Waals surface area contributed by atoms with Gasteiger partial charge in [-0.3, -0.25) is 4.79 Å². The zero-order chi connectivity index (χ0) is 18.8. The van der Waals surface area contributed by atoms with Gasteiger partial charge in [-0.1, -0.05) is 6.07 Å². The summed E-state index contributed by atoms with van der Waals surface area (Å²) in [6.07, 6.45) is 0.387. The number of anilines is 1. The van der Waals surface area contributed by atoms with Crippen LogP contribution in [0.25, 0.3) is 0 Å². The molecule has 1 amide bonds. The number of epoxide rings is 1. The number of fused-ring (bicyclic) bond motifs is 4. The number of rotatable bonds is 3. The third kappa shape index (κ3) is 2.80. The van der Waals surface area contributed by atoms with Gasteiger partial charge in [0.25, 0.3) is 0 Å². The summed E-state index contributed by atoms with van der Waals surface area (Å²) in [4.78, 5) is 12.6. The summed E-state index contributed by atoms with van der Waals surface area (Å²) in [5.74, 6) is 2.15. The predicted octanol–water partition coefficient (Wildman–Crippen LogP) is 3.52. The fraction of sp³-hybridized carbons (Fsp3) is 0.381. The fourth-order valence-corrected chi connectivity index (χ4v) is 3.79. The van der Waals surface area contributed by atoms with Crippen LogP contribution in [0.2, 0.25) is 0 Å². The lowest BCUT2D eigenvalue weighted by atomic mass is 9.93. The molecular weight excluding hydrogens is 346 g/mol. The van der Waals surface area contributed by atoms with E-state index in [1.54, 1.807) is 0 Å². The Morgan fingerprint density at radius 1 is 1.15 bits per heavy atom. The molecule has 3 aliphatic rings. The van der Waals surface area contributed by atoms with Crippen LogP contribution < -0.4 is 19.5 Å². The number of hydrogen-bond acceptors (Lipinski definition) is 5. The molecule has 0 bridgehead atoms. The zero-order valence-corrected chi connectivity index (χ0v) is 15.5. The van der Waals surface area contributed by atoms with Crippen LogP contribution in [0.4, 0.5) is 5.69 Å². The van der Waals surface area contributed by atoms with Gasteiger partial charge in [0.2, 0.25) is 12.7 Å². The normalized spacial score (nSPS) is 23.1. The molecule has 1 fully saturated rings. The van der Waals surface area contributed by atoms with Crippen molar-refractivity contribution in [1.82, 2.24) is 0 Å². The van der Waals surface area contributed by atoms with E-state index >= 15 is 0 Å². The molecule has 0 spiro atoms.